The molecular weight excluding hydrogens is 270 g/mol. The second-order valence-corrected chi connectivity index (χ2v) is 6.72. The lowest BCUT2D eigenvalue weighted by molar-refractivity contribution is -0.122. The highest BCUT2D eigenvalue weighted by molar-refractivity contribution is 7.99. The molecule has 0 aliphatic carbocycles. The summed E-state index contributed by atoms with van der Waals surface area (Å²) in [6.07, 6.45) is 2.84. The molecule has 0 aromatic rings. The maximum atomic E-state index is 12.0. The minimum Gasteiger partial charge on any atom is -0.354 e. The topological polar surface area (TPSA) is 44.4 Å². The second kappa shape index (κ2) is 10.5. The average Bonchev–Trinajstić information content (AvgIpc) is 2.44. The minimum absolute atomic E-state index is 0.195. The Labute approximate surface area is 128 Å². The number of amides is 1. The van der Waals surface area contributed by atoms with E-state index in [-0.39, 0.29) is 11.9 Å². The summed E-state index contributed by atoms with van der Waals surface area (Å²) in [6.45, 7) is 10.9. The molecule has 1 aliphatic heterocycles. The van der Waals surface area contributed by atoms with Crippen molar-refractivity contribution in [3.05, 3.63) is 0 Å². The molecule has 2 atom stereocenters. The van der Waals surface area contributed by atoms with E-state index in [0.29, 0.717) is 12.5 Å². The van der Waals surface area contributed by atoms with Gasteiger partial charge in [-0.1, -0.05) is 13.8 Å². The van der Waals surface area contributed by atoms with Crippen molar-refractivity contribution in [1.82, 2.24) is 15.5 Å². The normalized spacial score (nSPS) is 20.9. The Kier molecular flexibility index (Phi) is 9.31. The molecule has 0 bridgehead atoms. The molecule has 2 unspecified atom stereocenters. The highest BCUT2D eigenvalue weighted by Crippen LogP contribution is 2.10. The van der Waals surface area contributed by atoms with Crippen LogP contribution < -0.4 is 10.6 Å². The molecule has 0 saturated carbocycles. The number of hydrogen-bond acceptors (Lipinski definition) is 4. The van der Waals surface area contributed by atoms with Gasteiger partial charge in [0.2, 0.25) is 5.91 Å². The summed E-state index contributed by atoms with van der Waals surface area (Å²) < 4.78 is 0. The Balaban J connectivity index is 2.11. The molecule has 20 heavy (non-hydrogen) atoms. The number of hydrogen-bond donors (Lipinski definition) is 2. The van der Waals surface area contributed by atoms with Crippen LogP contribution in [0.2, 0.25) is 0 Å². The molecule has 1 saturated heterocycles. The van der Waals surface area contributed by atoms with E-state index in [0.717, 1.165) is 44.8 Å². The van der Waals surface area contributed by atoms with Gasteiger partial charge >= 0.3 is 0 Å². The molecular formula is C15H31N3OS. The molecule has 1 rings (SSSR count). The first-order valence-corrected chi connectivity index (χ1v) is 9.14. The van der Waals surface area contributed by atoms with Gasteiger partial charge < -0.3 is 15.5 Å². The standard InChI is InChI=1S/C15H31N3OS/c1-4-18(5-2)9-6-7-13(3)17-15(19)11-14-12-20-10-8-16-14/h13-14,16H,4-12H2,1-3H3,(H,17,19). The molecule has 2 N–H and O–H groups in total. The van der Waals surface area contributed by atoms with Crippen LogP contribution in [0.4, 0.5) is 0 Å². The van der Waals surface area contributed by atoms with Crippen molar-refractivity contribution in [3.63, 3.8) is 0 Å². The van der Waals surface area contributed by atoms with Crippen LogP contribution in [0.5, 0.6) is 0 Å². The van der Waals surface area contributed by atoms with Crippen LogP contribution in [0.25, 0.3) is 0 Å². The summed E-state index contributed by atoms with van der Waals surface area (Å²) in [5.41, 5.74) is 0. The molecule has 0 spiro atoms. The first-order chi connectivity index (χ1) is 9.65. The average molecular weight is 302 g/mol. The molecule has 4 nitrogen and oxygen atoms in total. The van der Waals surface area contributed by atoms with Gasteiger partial charge in [-0.05, 0) is 39.4 Å². The zero-order valence-electron chi connectivity index (χ0n) is 13.3. The van der Waals surface area contributed by atoms with E-state index in [2.05, 4.69) is 36.3 Å². The predicted octanol–water partition coefficient (Wildman–Crippen LogP) is 1.71. The van der Waals surface area contributed by atoms with Gasteiger partial charge in [0.25, 0.3) is 0 Å². The fourth-order valence-corrected chi connectivity index (χ4v) is 3.49. The number of rotatable bonds is 9. The molecule has 1 amide bonds. The van der Waals surface area contributed by atoms with E-state index in [4.69, 9.17) is 0 Å². The molecule has 0 radical (unpaired) electrons. The van der Waals surface area contributed by atoms with Gasteiger partial charge in [0.15, 0.2) is 0 Å². The Bertz CT molecular complexity index is 266. The van der Waals surface area contributed by atoms with Crippen molar-refractivity contribution < 1.29 is 4.79 Å². The molecule has 118 valence electrons. The van der Waals surface area contributed by atoms with Crippen LogP contribution in [-0.4, -0.2) is 60.6 Å². The van der Waals surface area contributed by atoms with Crippen LogP contribution in [-0.2, 0) is 4.79 Å². The molecule has 1 fully saturated rings. The summed E-state index contributed by atoms with van der Waals surface area (Å²) in [7, 11) is 0. The van der Waals surface area contributed by atoms with Crippen LogP contribution in [0.1, 0.15) is 40.0 Å². The summed E-state index contributed by atoms with van der Waals surface area (Å²) in [5.74, 6) is 2.42. The van der Waals surface area contributed by atoms with Crippen molar-refractivity contribution >= 4 is 17.7 Å². The number of nitrogens with one attached hydrogen (secondary N) is 2. The SMILES string of the molecule is CCN(CC)CCCC(C)NC(=O)CC1CSCCN1. The maximum absolute atomic E-state index is 12.0. The lowest BCUT2D eigenvalue weighted by Gasteiger charge is -2.24. The van der Waals surface area contributed by atoms with Crippen LogP contribution >= 0.6 is 11.8 Å². The van der Waals surface area contributed by atoms with E-state index in [9.17, 15) is 4.79 Å². The zero-order valence-corrected chi connectivity index (χ0v) is 14.1. The number of carbonyl (C=O) groups is 1. The Morgan fingerprint density at radius 2 is 2.20 bits per heavy atom. The van der Waals surface area contributed by atoms with Gasteiger partial charge in [-0.2, -0.15) is 11.8 Å². The van der Waals surface area contributed by atoms with Crippen LogP contribution in [0.15, 0.2) is 0 Å². The van der Waals surface area contributed by atoms with Crippen LogP contribution in [0.3, 0.4) is 0 Å². The summed E-state index contributed by atoms with van der Waals surface area (Å²) in [5, 5.41) is 6.54. The van der Waals surface area contributed by atoms with Gasteiger partial charge in [0.05, 0.1) is 0 Å². The van der Waals surface area contributed by atoms with Crippen molar-refractivity contribution in [2.75, 3.05) is 37.7 Å². The van der Waals surface area contributed by atoms with Gasteiger partial charge in [-0.3, -0.25) is 4.79 Å². The monoisotopic (exact) mass is 301 g/mol. The molecule has 0 aromatic heterocycles. The summed E-state index contributed by atoms with van der Waals surface area (Å²) >= 11 is 1.94. The fourth-order valence-electron chi connectivity index (χ4n) is 2.54. The Morgan fingerprint density at radius 1 is 1.45 bits per heavy atom. The largest absolute Gasteiger partial charge is 0.354 e. The van der Waals surface area contributed by atoms with Crippen LogP contribution in [0, 0.1) is 0 Å². The van der Waals surface area contributed by atoms with E-state index < -0.39 is 0 Å². The highest BCUT2D eigenvalue weighted by Gasteiger charge is 2.17. The van der Waals surface area contributed by atoms with E-state index in [1.165, 1.54) is 5.75 Å². The quantitative estimate of drug-likeness (QED) is 0.680. The smallest absolute Gasteiger partial charge is 0.221 e. The second-order valence-electron chi connectivity index (χ2n) is 5.57. The predicted molar refractivity (Wildman–Crippen MR) is 88.4 cm³/mol. The Hall–Kier alpha value is -0.260. The zero-order chi connectivity index (χ0) is 14.8. The number of carbonyl (C=O) groups excluding carboxylic acids is 1. The molecule has 1 aliphatic rings. The molecule has 0 aromatic carbocycles. The fraction of sp³-hybridized carbons (Fsp3) is 0.933. The first kappa shape index (κ1) is 17.8. The third-order valence-electron chi connectivity index (χ3n) is 3.84. The molecule has 5 heteroatoms. The van der Waals surface area contributed by atoms with Crippen molar-refractivity contribution in [2.24, 2.45) is 0 Å². The summed E-state index contributed by atoms with van der Waals surface area (Å²) in [4.78, 5) is 14.4. The van der Waals surface area contributed by atoms with Gasteiger partial charge in [0, 0.05) is 36.6 Å². The highest BCUT2D eigenvalue weighted by atomic mass is 32.2. The van der Waals surface area contributed by atoms with E-state index in [1.807, 2.05) is 11.8 Å². The number of nitrogens with zero attached hydrogens (tertiary/aromatic N) is 1. The Morgan fingerprint density at radius 3 is 2.80 bits per heavy atom. The minimum atomic E-state index is 0.195. The van der Waals surface area contributed by atoms with E-state index >= 15 is 0 Å². The lowest BCUT2D eigenvalue weighted by Crippen LogP contribution is -2.43. The van der Waals surface area contributed by atoms with Crippen molar-refractivity contribution in [1.29, 1.82) is 0 Å². The summed E-state index contributed by atoms with van der Waals surface area (Å²) in [6, 6.07) is 0.644. The lowest BCUT2D eigenvalue weighted by atomic mass is 10.1. The van der Waals surface area contributed by atoms with Crippen molar-refractivity contribution in [2.45, 2.75) is 52.1 Å². The van der Waals surface area contributed by atoms with Gasteiger partial charge in [-0.25, -0.2) is 0 Å². The first-order valence-electron chi connectivity index (χ1n) is 7.98. The van der Waals surface area contributed by atoms with Crippen molar-refractivity contribution in [3.8, 4) is 0 Å². The number of thioether (sulfide) groups is 1. The maximum Gasteiger partial charge on any atom is 0.221 e. The van der Waals surface area contributed by atoms with Gasteiger partial charge in [-0.15, -0.1) is 0 Å². The third kappa shape index (κ3) is 7.50. The van der Waals surface area contributed by atoms with Gasteiger partial charge in [0.1, 0.15) is 0 Å². The molecule has 1 heterocycles. The van der Waals surface area contributed by atoms with E-state index in [1.54, 1.807) is 0 Å². The third-order valence-corrected chi connectivity index (χ3v) is 4.97.